The summed E-state index contributed by atoms with van der Waals surface area (Å²) in [4.78, 5) is 60.5. The average molecular weight is 528 g/mol. The van der Waals surface area contributed by atoms with E-state index in [1.54, 1.807) is 32.0 Å². The number of aliphatic carboxylic acids is 1. The molecule has 0 saturated heterocycles. The zero-order chi connectivity index (χ0) is 28.2. The van der Waals surface area contributed by atoms with Crippen LogP contribution in [0, 0.1) is 5.41 Å². The van der Waals surface area contributed by atoms with Gasteiger partial charge < -0.3 is 15.7 Å². The molecule has 38 heavy (non-hydrogen) atoms. The quantitative estimate of drug-likeness (QED) is 0.169. The van der Waals surface area contributed by atoms with E-state index in [1.165, 1.54) is 12.4 Å². The van der Waals surface area contributed by atoms with Gasteiger partial charge in [-0.25, -0.2) is 4.98 Å². The van der Waals surface area contributed by atoms with Gasteiger partial charge in [-0.3, -0.25) is 44.4 Å². The number of nitrogens with one attached hydrogen (secondary N) is 3. The highest BCUT2D eigenvalue weighted by Crippen LogP contribution is 2.11. The van der Waals surface area contributed by atoms with Gasteiger partial charge in [-0.15, -0.1) is 0 Å². The van der Waals surface area contributed by atoms with Gasteiger partial charge in [0.05, 0.1) is 25.6 Å². The van der Waals surface area contributed by atoms with Crippen LogP contribution in [0.25, 0.3) is 0 Å². The number of carbonyl (C=O) groups excluding carboxylic acids is 2. The van der Waals surface area contributed by atoms with E-state index in [0.29, 0.717) is 13.0 Å². The van der Waals surface area contributed by atoms with Crippen molar-refractivity contribution in [2.75, 3.05) is 32.0 Å². The van der Waals surface area contributed by atoms with Crippen molar-refractivity contribution in [3.8, 4) is 0 Å². The molecule has 0 aromatic carbocycles. The fourth-order valence-electron chi connectivity index (χ4n) is 3.61. The van der Waals surface area contributed by atoms with Gasteiger partial charge in [-0.1, -0.05) is 13.0 Å². The number of nitrogens with two attached hydrogens (primary N) is 1. The Kier molecular flexibility index (Phi) is 11.4. The van der Waals surface area contributed by atoms with Gasteiger partial charge in [0.1, 0.15) is 11.8 Å². The molecule has 0 aliphatic rings. The molecule has 0 fully saturated rings. The molecule has 0 bridgehead atoms. The van der Waals surface area contributed by atoms with E-state index >= 15 is 0 Å². The molecule has 2 unspecified atom stereocenters. The predicted octanol–water partition coefficient (Wildman–Crippen LogP) is -1.06. The summed E-state index contributed by atoms with van der Waals surface area (Å²) in [6.45, 7) is 3.65. The topological polar surface area (TPSA) is 196 Å². The third-order valence-electron chi connectivity index (χ3n) is 5.79. The van der Waals surface area contributed by atoms with E-state index < -0.39 is 41.7 Å². The molecule has 204 valence electrons. The van der Waals surface area contributed by atoms with E-state index in [1.807, 2.05) is 18.2 Å². The van der Waals surface area contributed by atoms with Gasteiger partial charge in [0.15, 0.2) is 17.3 Å². The standard InChI is InChI=1S/C25H34N8O5/c1-4-20(33-12-10-29-23(25(33)38)30-14-18(27)16(2)26)24(37)31-19(13-22(35)36)21(34)15-32(3)11-8-17-7-5-6-9-28-17/h5-7,9-10,12,19-20,26-27H,4,8,11,13-15H2,1-3H3,(H,29,30)(H,31,37)(H,35,36)/p+1. The maximum absolute atomic E-state index is 13.2. The van der Waals surface area contributed by atoms with Crippen LogP contribution in [-0.2, 0) is 20.8 Å². The summed E-state index contributed by atoms with van der Waals surface area (Å²) in [5, 5.41) is 28.0. The van der Waals surface area contributed by atoms with Crippen LogP contribution in [-0.4, -0.2) is 86.3 Å². The Morgan fingerprint density at radius 1 is 1.24 bits per heavy atom. The number of likely N-dealkylation sites (N-methyl/N-ethyl adjacent to an activating group) is 1. The number of hydrogen-bond donors (Lipinski definition) is 5. The molecule has 0 saturated carbocycles. The summed E-state index contributed by atoms with van der Waals surface area (Å²) in [5.41, 5.74) is 0.632. The van der Waals surface area contributed by atoms with Crippen LogP contribution < -0.4 is 21.6 Å². The summed E-state index contributed by atoms with van der Waals surface area (Å²) >= 11 is 0. The third kappa shape index (κ3) is 9.00. The fourth-order valence-corrected chi connectivity index (χ4v) is 3.61. The molecule has 2 aromatic rings. The van der Waals surface area contributed by atoms with Crippen LogP contribution in [0.15, 0.2) is 41.6 Å². The van der Waals surface area contributed by atoms with Crippen LogP contribution in [0.2, 0.25) is 0 Å². The number of nitrogens with zero attached hydrogens (tertiary/aromatic N) is 4. The van der Waals surface area contributed by atoms with Gasteiger partial charge in [0.25, 0.3) is 5.56 Å². The van der Waals surface area contributed by atoms with Crippen molar-refractivity contribution in [3.63, 3.8) is 0 Å². The summed E-state index contributed by atoms with van der Waals surface area (Å²) < 4.78 is 1.16. The normalized spacial score (nSPS) is 12.4. The molecular formula is C25H35N8O5+. The van der Waals surface area contributed by atoms with Crippen molar-refractivity contribution in [1.29, 1.82) is 5.41 Å². The largest absolute Gasteiger partial charge is 0.481 e. The van der Waals surface area contributed by atoms with Crippen LogP contribution in [0.5, 0.6) is 0 Å². The van der Waals surface area contributed by atoms with Crippen molar-refractivity contribution in [2.45, 2.75) is 45.2 Å². The minimum Gasteiger partial charge on any atom is -0.481 e. The number of aromatic nitrogens is 3. The van der Waals surface area contributed by atoms with Crippen molar-refractivity contribution in [3.05, 3.63) is 52.8 Å². The molecular weight excluding hydrogens is 492 g/mol. The van der Waals surface area contributed by atoms with Crippen LogP contribution in [0.4, 0.5) is 5.82 Å². The Balaban J connectivity index is 2.11. The van der Waals surface area contributed by atoms with E-state index in [2.05, 4.69) is 20.6 Å². The molecule has 2 heterocycles. The Hall–Kier alpha value is -4.26. The van der Waals surface area contributed by atoms with E-state index in [4.69, 9.17) is 10.8 Å². The lowest BCUT2D eigenvalue weighted by atomic mass is 10.1. The lowest BCUT2D eigenvalue weighted by Crippen LogP contribution is -2.49. The molecule has 2 aromatic heterocycles. The fraction of sp³-hybridized carbons (Fsp3) is 0.440. The van der Waals surface area contributed by atoms with Crippen LogP contribution >= 0.6 is 0 Å². The lowest BCUT2D eigenvalue weighted by molar-refractivity contribution is -0.140. The lowest BCUT2D eigenvalue weighted by Gasteiger charge is -2.24. The Bertz CT molecular complexity index is 1210. The molecule has 1 amide bonds. The molecule has 2 rings (SSSR count). The first kappa shape index (κ1) is 30.0. The molecule has 6 N–H and O–H groups in total. The first-order chi connectivity index (χ1) is 18.0. The minimum atomic E-state index is -1.27. The van der Waals surface area contributed by atoms with E-state index in [9.17, 15) is 24.3 Å². The highest BCUT2D eigenvalue weighted by molar-refractivity contribution is 6.38. The summed E-state index contributed by atoms with van der Waals surface area (Å²) in [5.74, 6) is -2.44. The highest BCUT2D eigenvalue weighted by atomic mass is 16.4. The summed E-state index contributed by atoms with van der Waals surface area (Å²) in [6, 6.07) is 3.26. The molecule has 13 nitrogen and oxygen atoms in total. The second-order valence-corrected chi connectivity index (χ2v) is 8.86. The second-order valence-electron chi connectivity index (χ2n) is 8.86. The smallest absolute Gasteiger partial charge is 0.305 e. The number of carbonyl (C=O) groups is 3. The second kappa shape index (κ2) is 14.5. The zero-order valence-electron chi connectivity index (χ0n) is 21.8. The van der Waals surface area contributed by atoms with Gasteiger partial charge >= 0.3 is 5.97 Å². The number of ketones is 1. The van der Waals surface area contributed by atoms with Gasteiger partial charge in [-0.05, 0) is 25.6 Å². The van der Waals surface area contributed by atoms with E-state index in [-0.39, 0.29) is 36.8 Å². The average Bonchev–Trinajstić information content (AvgIpc) is 2.87. The number of pyridine rings is 1. The number of anilines is 1. The molecule has 13 heteroatoms. The third-order valence-corrected chi connectivity index (χ3v) is 5.79. The first-order valence-corrected chi connectivity index (χ1v) is 12.1. The maximum Gasteiger partial charge on any atom is 0.305 e. The van der Waals surface area contributed by atoms with E-state index in [0.717, 1.165) is 10.3 Å². The Morgan fingerprint density at radius 3 is 2.58 bits per heavy atom. The van der Waals surface area contributed by atoms with Crippen LogP contribution in [0.3, 0.4) is 0 Å². The SMILES string of the molecule is CCC(C(=O)NC(CC(=O)O)C(=O)CN(C)CCc1ccccn1)n1ccnc(NCC(=N)C(C)=[NH2+])c1=O. The molecule has 2 atom stereocenters. The van der Waals surface area contributed by atoms with Crippen molar-refractivity contribution >= 4 is 34.9 Å². The Morgan fingerprint density at radius 2 is 1.97 bits per heavy atom. The number of carboxylic acids is 1. The van der Waals surface area contributed by atoms with Gasteiger partial charge in [0.2, 0.25) is 5.91 Å². The van der Waals surface area contributed by atoms with Crippen LogP contribution in [0.1, 0.15) is 38.4 Å². The number of amides is 1. The van der Waals surface area contributed by atoms with Crippen molar-refractivity contribution in [1.82, 2.24) is 24.8 Å². The molecule has 0 aliphatic carbocycles. The monoisotopic (exact) mass is 527 g/mol. The van der Waals surface area contributed by atoms with Gasteiger partial charge in [0, 0.05) is 44.2 Å². The summed E-state index contributed by atoms with van der Waals surface area (Å²) in [6.07, 6.45) is 4.55. The molecule has 0 aliphatic heterocycles. The number of Topliss-reactive ketones (excluding diaryl/α,β-unsaturated/α-hetero) is 1. The first-order valence-electron chi connectivity index (χ1n) is 12.1. The Labute approximate surface area is 220 Å². The predicted molar refractivity (Wildman–Crippen MR) is 141 cm³/mol. The van der Waals surface area contributed by atoms with Crippen molar-refractivity contribution in [2.24, 2.45) is 0 Å². The maximum atomic E-state index is 13.2. The number of hydrogen-bond acceptors (Lipinski definition) is 9. The number of rotatable bonds is 16. The highest BCUT2D eigenvalue weighted by Gasteiger charge is 2.29. The summed E-state index contributed by atoms with van der Waals surface area (Å²) in [7, 11) is 1.73. The van der Waals surface area contributed by atoms with Crippen molar-refractivity contribution < 1.29 is 24.9 Å². The minimum absolute atomic E-state index is 0.0272. The number of carboxylic acid groups (broad SMARTS) is 1. The molecule has 0 radical (unpaired) electrons. The zero-order valence-corrected chi connectivity index (χ0v) is 21.8. The van der Waals surface area contributed by atoms with Gasteiger partial charge in [-0.2, -0.15) is 0 Å². The molecule has 0 spiro atoms.